The second-order valence-corrected chi connectivity index (χ2v) is 7.34. The van der Waals surface area contributed by atoms with Crippen LogP contribution in [-0.4, -0.2) is 29.1 Å². The van der Waals surface area contributed by atoms with Crippen molar-refractivity contribution in [1.29, 1.82) is 0 Å². The number of nitrogens with one attached hydrogen (secondary N) is 1. The molecule has 1 aliphatic rings. The number of hydrogen-bond donors (Lipinski definition) is 2. The van der Waals surface area contributed by atoms with E-state index in [0.717, 1.165) is 0 Å². The molecule has 1 fully saturated rings. The topological polar surface area (TPSA) is 107 Å². The molecule has 0 radical (unpaired) electrons. The summed E-state index contributed by atoms with van der Waals surface area (Å²) >= 11 is 0. The molecular formula is C18H27N3O4. The number of hydrogen-bond acceptors (Lipinski definition) is 5. The molecule has 0 spiro atoms. The van der Waals surface area contributed by atoms with Gasteiger partial charge >= 0.3 is 0 Å². The highest BCUT2D eigenvalue weighted by Gasteiger charge is 2.62. The summed E-state index contributed by atoms with van der Waals surface area (Å²) in [6.45, 7) is 9.83. The molecular weight excluding hydrogens is 322 g/mol. The van der Waals surface area contributed by atoms with E-state index in [1.165, 1.54) is 6.07 Å². The minimum Gasteiger partial charge on any atom is -0.378 e. The van der Waals surface area contributed by atoms with Gasteiger partial charge in [0.25, 0.3) is 5.69 Å². The Balaban J connectivity index is 2.13. The number of benzene rings is 1. The molecule has 0 heterocycles. The van der Waals surface area contributed by atoms with Crippen molar-refractivity contribution in [2.45, 2.75) is 58.7 Å². The van der Waals surface area contributed by atoms with Gasteiger partial charge in [-0.15, -0.1) is 0 Å². The summed E-state index contributed by atoms with van der Waals surface area (Å²) in [7, 11) is 0. The van der Waals surface area contributed by atoms with Crippen molar-refractivity contribution in [1.82, 2.24) is 5.32 Å². The molecule has 1 aliphatic carbocycles. The molecule has 3 N–H and O–H groups in total. The standard InChI is InChI=1S/C18H27N3O4/c1-6-25-15-10-18(19,17(15,4)5)16(22)20-12(3)13-8-7-11(2)14(9-13)21(23)24/h7-9,12,15H,6,10,19H2,1-5H3,(H,20,22). The SMILES string of the molecule is CCOC1CC(N)(C(=O)NC(C)c2ccc(C)c([N+](=O)[O-])c2)C1(C)C. The lowest BCUT2D eigenvalue weighted by molar-refractivity contribution is -0.385. The Morgan fingerprint density at radius 1 is 1.52 bits per heavy atom. The zero-order valence-corrected chi connectivity index (χ0v) is 15.5. The first-order valence-corrected chi connectivity index (χ1v) is 8.51. The number of ether oxygens (including phenoxy) is 1. The third-order valence-corrected chi connectivity index (χ3v) is 5.51. The first-order valence-electron chi connectivity index (χ1n) is 8.51. The lowest BCUT2D eigenvalue weighted by Gasteiger charge is -2.57. The van der Waals surface area contributed by atoms with Crippen molar-refractivity contribution in [3.63, 3.8) is 0 Å². The van der Waals surface area contributed by atoms with Crippen LogP contribution < -0.4 is 11.1 Å². The van der Waals surface area contributed by atoms with E-state index in [1.807, 2.05) is 20.8 Å². The number of nitro groups is 1. The molecule has 1 saturated carbocycles. The normalized spacial score (nSPS) is 25.8. The predicted molar refractivity (Wildman–Crippen MR) is 95.1 cm³/mol. The lowest BCUT2D eigenvalue weighted by atomic mass is 9.54. The van der Waals surface area contributed by atoms with Crippen molar-refractivity contribution in [2.24, 2.45) is 11.1 Å². The number of amides is 1. The van der Waals surface area contributed by atoms with Crippen LogP contribution in [0.3, 0.4) is 0 Å². The fraction of sp³-hybridized carbons (Fsp3) is 0.611. The molecule has 0 saturated heterocycles. The van der Waals surface area contributed by atoms with E-state index < -0.39 is 15.9 Å². The molecule has 0 aromatic heterocycles. The maximum Gasteiger partial charge on any atom is 0.272 e. The molecule has 7 nitrogen and oxygen atoms in total. The van der Waals surface area contributed by atoms with Gasteiger partial charge in [0, 0.05) is 30.1 Å². The Morgan fingerprint density at radius 2 is 2.16 bits per heavy atom. The first-order chi connectivity index (χ1) is 11.5. The Morgan fingerprint density at radius 3 is 2.68 bits per heavy atom. The van der Waals surface area contributed by atoms with Crippen LogP contribution in [0.2, 0.25) is 0 Å². The molecule has 1 aromatic rings. The maximum atomic E-state index is 12.8. The van der Waals surface area contributed by atoms with E-state index in [9.17, 15) is 14.9 Å². The van der Waals surface area contributed by atoms with Crippen LogP contribution in [-0.2, 0) is 9.53 Å². The number of carbonyl (C=O) groups excluding carboxylic acids is 1. The smallest absolute Gasteiger partial charge is 0.272 e. The van der Waals surface area contributed by atoms with Gasteiger partial charge < -0.3 is 15.8 Å². The van der Waals surface area contributed by atoms with Gasteiger partial charge in [-0.3, -0.25) is 14.9 Å². The monoisotopic (exact) mass is 349 g/mol. The summed E-state index contributed by atoms with van der Waals surface area (Å²) < 4.78 is 5.65. The molecule has 0 aliphatic heterocycles. The van der Waals surface area contributed by atoms with Crippen LogP contribution in [0.25, 0.3) is 0 Å². The molecule has 3 unspecified atom stereocenters. The Labute approximate surface area is 148 Å². The number of nitro benzene ring substituents is 1. The molecule has 2 rings (SSSR count). The molecule has 7 heteroatoms. The quantitative estimate of drug-likeness (QED) is 0.606. The third-order valence-electron chi connectivity index (χ3n) is 5.51. The van der Waals surface area contributed by atoms with Gasteiger partial charge in [0.1, 0.15) is 5.54 Å². The second-order valence-electron chi connectivity index (χ2n) is 7.34. The van der Waals surface area contributed by atoms with Gasteiger partial charge in [-0.05, 0) is 26.3 Å². The molecule has 1 aromatic carbocycles. The fourth-order valence-corrected chi connectivity index (χ4v) is 3.32. The van der Waals surface area contributed by atoms with E-state index in [2.05, 4.69) is 5.32 Å². The van der Waals surface area contributed by atoms with Gasteiger partial charge in [0.2, 0.25) is 5.91 Å². The van der Waals surface area contributed by atoms with E-state index in [0.29, 0.717) is 24.2 Å². The maximum absolute atomic E-state index is 12.8. The average Bonchev–Trinajstić information content (AvgIpc) is 2.54. The zero-order chi connectivity index (χ0) is 19.0. The molecule has 138 valence electrons. The van der Waals surface area contributed by atoms with E-state index in [4.69, 9.17) is 10.5 Å². The molecule has 0 bridgehead atoms. The van der Waals surface area contributed by atoms with Crippen molar-refractivity contribution in [3.8, 4) is 0 Å². The summed E-state index contributed by atoms with van der Waals surface area (Å²) in [5.74, 6) is -0.260. The number of aryl methyl sites for hydroxylation is 1. The highest BCUT2D eigenvalue weighted by Crippen LogP contribution is 2.50. The van der Waals surface area contributed by atoms with Crippen molar-refractivity contribution < 1.29 is 14.5 Å². The molecule has 1 amide bonds. The van der Waals surface area contributed by atoms with Crippen LogP contribution in [0.4, 0.5) is 5.69 Å². The van der Waals surface area contributed by atoms with Gasteiger partial charge in [-0.1, -0.05) is 26.0 Å². The van der Waals surface area contributed by atoms with Crippen LogP contribution in [0, 0.1) is 22.5 Å². The number of nitrogens with two attached hydrogens (primary N) is 1. The van der Waals surface area contributed by atoms with Gasteiger partial charge in [-0.2, -0.15) is 0 Å². The second kappa shape index (κ2) is 6.72. The minimum absolute atomic E-state index is 0.0430. The van der Waals surface area contributed by atoms with E-state index in [1.54, 1.807) is 26.0 Å². The summed E-state index contributed by atoms with van der Waals surface area (Å²) in [5.41, 5.74) is 6.18. The van der Waals surface area contributed by atoms with Crippen molar-refractivity contribution in [3.05, 3.63) is 39.4 Å². The highest BCUT2D eigenvalue weighted by atomic mass is 16.6. The number of nitrogens with zero attached hydrogens (tertiary/aromatic N) is 1. The third kappa shape index (κ3) is 3.26. The Hall–Kier alpha value is -1.99. The minimum atomic E-state index is -1.02. The average molecular weight is 349 g/mol. The summed E-state index contributed by atoms with van der Waals surface area (Å²) in [4.78, 5) is 23.4. The summed E-state index contributed by atoms with van der Waals surface area (Å²) in [6.07, 6.45) is 0.407. The fourth-order valence-electron chi connectivity index (χ4n) is 3.32. The van der Waals surface area contributed by atoms with Crippen molar-refractivity contribution in [2.75, 3.05) is 6.61 Å². The van der Waals surface area contributed by atoms with Crippen LogP contribution in [0.1, 0.15) is 51.3 Å². The van der Waals surface area contributed by atoms with Crippen LogP contribution in [0.15, 0.2) is 18.2 Å². The van der Waals surface area contributed by atoms with E-state index >= 15 is 0 Å². The zero-order valence-electron chi connectivity index (χ0n) is 15.5. The van der Waals surface area contributed by atoms with Gasteiger partial charge in [0.15, 0.2) is 0 Å². The Kier molecular flexibility index (Phi) is 5.20. The van der Waals surface area contributed by atoms with Gasteiger partial charge in [0.05, 0.1) is 17.1 Å². The first kappa shape index (κ1) is 19.3. The Bertz CT molecular complexity index is 689. The largest absolute Gasteiger partial charge is 0.378 e. The van der Waals surface area contributed by atoms with Crippen molar-refractivity contribution >= 4 is 11.6 Å². The van der Waals surface area contributed by atoms with Gasteiger partial charge in [-0.25, -0.2) is 0 Å². The van der Waals surface area contributed by atoms with E-state index in [-0.39, 0.29) is 23.7 Å². The van der Waals surface area contributed by atoms with Crippen LogP contribution in [0.5, 0.6) is 0 Å². The highest BCUT2D eigenvalue weighted by molar-refractivity contribution is 5.89. The molecule has 3 atom stereocenters. The lowest BCUT2D eigenvalue weighted by Crippen LogP contribution is -2.75. The number of rotatable bonds is 6. The summed E-state index contributed by atoms with van der Waals surface area (Å²) in [6, 6.07) is 4.59. The molecule has 25 heavy (non-hydrogen) atoms. The summed E-state index contributed by atoms with van der Waals surface area (Å²) in [5, 5.41) is 14.0. The predicted octanol–water partition coefficient (Wildman–Crippen LogP) is 2.61. The van der Waals surface area contributed by atoms with Crippen LogP contribution >= 0.6 is 0 Å². The number of carbonyl (C=O) groups is 1.